The van der Waals surface area contributed by atoms with Crippen molar-refractivity contribution in [3.63, 3.8) is 0 Å². The van der Waals surface area contributed by atoms with Crippen molar-refractivity contribution in [1.29, 1.82) is 0 Å². The summed E-state index contributed by atoms with van der Waals surface area (Å²) in [5.74, 6) is 1.66. The van der Waals surface area contributed by atoms with Crippen LogP contribution < -0.4 is 9.47 Å². The molecule has 0 radical (unpaired) electrons. The Morgan fingerprint density at radius 3 is 2.74 bits per heavy atom. The van der Waals surface area contributed by atoms with Crippen LogP contribution in [0.25, 0.3) is 6.08 Å². The summed E-state index contributed by atoms with van der Waals surface area (Å²) in [6.07, 6.45) is 6.70. The van der Waals surface area contributed by atoms with E-state index in [9.17, 15) is 4.79 Å². The molecular formula is C22H20ClNO3. The lowest BCUT2D eigenvalue weighted by Crippen LogP contribution is -2.39. The molecule has 0 aromatic heterocycles. The Kier molecular flexibility index (Phi) is 4.18. The molecule has 0 amide bonds. The van der Waals surface area contributed by atoms with E-state index in [1.54, 1.807) is 18.2 Å². The third-order valence-electron chi connectivity index (χ3n) is 5.68. The van der Waals surface area contributed by atoms with Gasteiger partial charge in [0.15, 0.2) is 5.76 Å². The van der Waals surface area contributed by atoms with Crippen LogP contribution in [0, 0.1) is 0 Å². The van der Waals surface area contributed by atoms with Crippen molar-refractivity contribution >= 4 is 23.5 Å². The van der Waals surface area contributed by atoms with Crippen LogP contribution in [0.5, 0.6) is 11.5 Å². The van der Waals surface area contributed by atoms with Gasteiger partial charge in [-0.25, -0.2) is 0 Å². The molecule has 0 bridgehead atoms. The van der Waals surface area contributed by atoms with Gasteiger partial charge in [0, 0.05) is 17.6 Å². The normalized spacial score (nSPS) is 21.1. The number of halogens is 1. The molecule has 1 aliphatic carbocycles. The minimum Gasteiger partial charge on any atom is -0.478 e. The number of nitrogens with zero attached hydrogens (tertiary/aromatic N) is 1. The SMILES string of the molecule is O=C1/C(=C/c2ccccc2Cl)Oc2c1ccc1c2CN(C2CCCC2)CO1. The van der Waals surface area contributed by atoms with Crippen LogP contribution in [0.2, 0.25) is 5.02 Å². The number of ether oxygens (including phenoxy) is 2. The first-order valence-corrected chi connectivity index (χ1v) is 9.80. The standard InChI is InChI=1S/C22H20ClNO3/c23-18-8-4-1-5-14(18)11-20-21(25)16-9-10-19-17(22(16)27-20)12-24(13-26-19)15-6-2-3-7-15/h1,4-5,8-11,15H,2-3,6-7,12-13H2/b20-11-. The molecule has 0 spiro atoms. The summed E-state index contributed by atoms with van der Waals surface area (Å²) in [6, 6.07) is 11.7. The summed E-state index contributed by atoms with van der Waals surface area (Å²) in [4.78, 5) is 15.2. The smallest absolute Gasteiger partial charge is 0.231 e. The van der Waals surface area contributed by atoms with Crippen molar-refractivity contribution in [3.05, 3.63) is 63.9 Å². The molecule has 0 N–H and O–H groups in total. The molecule has 0 unspecified atom stereocenters. The molecule has 3 aliphatic rings. The highest BCUT2D eigenvalue weighted by molar-refractivity contribution is 6.32. The second-order valence-corrected chi connectivity index (χ2v) is 7.75. The first-order valence-electron chi connectivity index (χ1n) is 9.42. The van der Waals surface area contributed by atoms with Gasteiger partial charge in [-0.15, -0.1) is 0 Å². The molecule has 2 aliphatic heterocycles. The number of Topliss-reactive ketones (excluding diaryl/α,β-unsaturated/α-hetero) is 1. The Labute approximate surface area is 163 Å². The minimum absolute atomic E-state index is 0.106. The van der Waals surface area contributed by atoms with Gasteiger partial charge in [-0.3, -0.25) is 9.69 Å². The maximum Gasteiger partial charge on any atom is 0.231 e. The number of rotatable bonds is 2. The van der Waals surface area contributed by atoms with Crippen molar-refractivity contribution in [1.82, 2.24) is 4.90 Å². The largest absolute Gasteiger partial charge is 0.478 e. The van der Waals surface area contributed by atoms with E-state index >= 15 is 0 Å². The first-order chi connectivity index (χ1) is 13.2. The number of carbonyl (C=O) groups is 1. The highest BCUT2D eigenvalue weighted by Gasteiger charge is 2.35. The van der Waals surface area contributed by atoms with Gasteiger partial charge in [0.25, 0.3) is 0 Å². The van der Waals surface area contributed by atoms with Crippen LogP contribution in [-0.2, 0) is 6.54 Å². The number of hydrogen-bond acceptors (Lipinski definition) is 4. The van der Waals surface area contributed by atoms with Gasteiger partial charge in [-0.05, 0) is 42.7 Å². The van der Waals surface area contributed by atoms with Gasteiger partial charge in [0.05, 0.1) is 11.1 Å². The number of carbonyl (C=O) groups excluding carboxylic acids is 1. The summed E-state index contributed by atoms with van der Waals surface area (Å²) in [7, 11) is 0. The molecule has 1 saturated carbocycles. The second kappa shape index (κ2) is 6.70. The van der Waals surface area contributed by atoms with Crippen LogP contribution in [0.15, 0.2) is 42.2 Å². The van der Waals surface area contributed by atoms with Crippen molar-refractivity contribution in [2.24, 2.45) is 0 Å². The number of benzene rings is 2. The van der Waals surface area contributed by atoms with Crippen molar-refractivity contribution in [2.75, 3.05) is 6.73 Å². The summed E-state index contributed by atoms with van der Waals surface area (Å²) < 4.78 is 12.0. The zero-order valence-electron chi connectivity index (χ0n) is 14.9. The Bertz CT molecular complexity index is 947. The van der Waals surface area contributed by atoms with E-state index in [-0.39, 0.29) is 5.78 Å². The lowest BCUT2D eigenvalue weighted by atomic mass is 10.0. The first kappa shape index (κ1) is 16.8. The van der Waals surface area contributed by atoms with Crippen molar-refractivity contribution in [2.45, 2.75) is 38.3 Å². The van der Waals surface area contributed by atoms with Crippen LogP contribution in [0.3, 0.4) is 0 Å². The van der Waals surface area contributed by atoms with Gasteiger partial charge in [-0.1, -0.05) is 42.6 Å². The molecule has 2 heterocycles. The molecule has 0 saturated heterocycles. The Morgan fingerprint density at radius 2 is 1.93 bits per heavy atom. The summed E-state index contributed by atoms with van der Waals surface area (Å²) in [5.41, 5.74) is 2.35. The molecule has 138 valence electrons. The Morgan fingerprint density at radius 1 is 1.11 bits per heavy atom. The summed E-state index contributed by atoms with van der Waals surface area (Å²) in [5, 5.41) is 0.593. The van der Waals surface area contributed by atoms with Crippen LogP contribution in [0.1, 0.15) is 47.2 Å². The fourth-order valence-electron chi connectivity index (χ4n) is 4.21. The predicted octanol–water partition coefficient (Wildman–Crippen LogP) is 5.05. The minimum atomic E-state index is -0.106. The molecule has 2 aromatic carbocycles. The maximum atomic E-state index is 12.8. The third-order valence-corrected chi connectivity index (χ3v) is 6.02. The molecule has 2 aromatic rings. The molecule has 4 nitrogen and oxygen atoms in total. The highest BCUT2D eigenvalue weighted by Crippen LogP contribution is 2.43. The van der Waals surface area contributed by atoms with Gasteiger partial charge in [-0.2, -0.15) is 0 Å². The molecule has 1 fully saturated rings. The average Bonchev–Trinajstić information content (AvgIpc) is 3.32. The average molecular weight is 382 g/mol. The van der Waals surface area contributed by atoms with Crippen LogP contribution >= 0.6 is 11.6 Å². The van der Waals surface area contributed by atoms with Gasteiger partial charge < -0.3 is 9.47 Å². The van der Waals surface area contributed by atoms with E-state index in [1.165, 1.54) is 25.7 Å². The molecule has 27 heavy (non-hydrogen) atoms. The summed E-state index contributed by atoms with van der Waals surface area (Å²) in [6.45, 7) is 1.36. The monoisotopic (exact) mass is 381 g/mol. The van der Waals surface area contributed by atoms with Crippen molar-refractivity contribution in [3.8, 4) is 11.5 Å². The molecule has 0 atom stereocenters. The van der Waals surface area contributed by atoms with E-state index in [0.717, 1.165) is 23.4 Å². The lowest BCUT2D eigenvalue weighted by molar-refractivity contribution is 0.0567. The Hall–Kier alpha value is -2.30. The second-order valence-electron chi connectivity index (χ2n) is 7.34. The van der Waals surface area contributed by atoms with E-state index in [0.29, 0.717) is 34.9 Å². The van der Waals surface area contributed by atoms with Crippen LogP contribution in [-0.4, -0.2) is 23.5 Å². The number of fused-ring (bicyclic) bond motifs is 3. The quantitative estimate of drug-likeness (QED) is 0.682. The van der Waals surface area contributed by atoms with Gasteiger partial charge in [0.1, 0.15) is 18.2 Å². The molecule has 5 rings (SSSR count). The topological polar surface area (TPSA) is 38.8 Å². The van der Waals surface area contributed by atoms with Crippen molar-refractivity contribution < 1.29 is 14.3 Å². The third kappa shape index (κ3) is 2.93. The zero-order valence-corrected chi connectivity index (χ0v) is 15.7. The fourth-order valence-corrected chi connectivity index (χ4v) is 4.40. The number of hydrogen-bond donors (Lipinski definition) is 0. The van der Waals surface area contributed by atoms with E-state index in [1.807, 2.05) is 24.3 Å². The number of ketones is 1. The predicted molar refractivity (Wildman–Crippen MR) is 104 cm³/mol. The molecule has 5 heteroatoms. The zero-order chi connectivity index (χ0) is 18.4. The van der Waals surface area contributed by atoms with E-state index < -0.39 is 0 Å². The highest BCUT2D eigenvalue weighted by atomic mass is 35.5. The van der Waals surface area contributed by atoms with E-state index in [2.05, 4.69) is 4.90 Å². The van der Waals surface area contributed by atoms with E-state index in [4.69, 9.17) is 21.1 Å². The lowest BCUT2D eigenvalue weighted by Gasteiger charge is -2.33. The molecular weight excluding hydrogens is 362 g/mol. The Balaban J connectivity index is 1.49. The summed E-state index contributed by atoms with van der Waals surface area (Å²) >= 11 is 6.23. The van der Waals surface area contributed by atoms with Crippen LogP contribution in [0.4, 0.5) is 0 Å². The van der Waals surface area contributed by atoms with Gasteiger partial charge >= 0.3 is 0 Å². The fraction of sp³-hybridized carbons (Fsp3) is 0.318. The maximum absolute atomic E-state index is 12.8. The number of allylic oxidation sites excluding steroid dienone is 1. The van der Waals surface area contributed by atoms with Gasteiger partial charge in [0.2, 0.25) is 5.78 Å².